The number of carboxylic acids is 1. The Kier molecular flexibility index (Phi) is 4.01. The SMILES string of the molecule is CCCn1ncnc1Cn1cc(C(=O)O)c(C(F)(F)F)c1. The number of aryl methyl sites for hydroxylation is 1. The Labute approximate surface area is 117 Å². The van der Waals surface area contributed by atoms with E-state index in [1.54, 1.807) is 4.68 Å². The summed E-state index contributed by atoms with van der Waals surface area (Å²) in [5, 5.41) is 12.8. The van der Waals surface area contributed by atoms with Crippen LogP contribution in [0.4, 0.5) is 13.2 Å². The highest BCUT2D eigenvalue weighted by atomic mass is 19.4. The molecule has 0 saturated heterocycles. The van der Waals surface area contributed by atoms with Crippen molar-refractivity contribution in [3.8, 4) is 0 Å². The molecule has 0 bridgehead atoms. The summed E-state index contributed by atoms with van der Waals surface area (Å²) in [6, 6.07) is 0. The van der Waals surface area contributed by atoms with Crippen molar-refractivity contribution in [3.63, 3.8) is 0 Å². The third kappa shape index (κ3) is 3.23. The molecule has 0 spiro atoms. The van der Waals surface area contributed by atoms with Crippen LogP contribution < -0.4 is 0 Å². The smallest absolute Gasteiger partial charge is 0.418 e. The monoisotopic (exact) mass is 302 g/mol. The predicted octanol–water partition coefficient (Wildman–Crippen LogP) is 2.25. The summed E-state index contributed by atoms with van der Waals surface area (Å²) in [5.41, 5.74) is -1.94. The average molecular weight is 302 g/mol. The van der Waals surface area contributed by atoms with E-state index in [2.05, 4.69) is 10.1 Å². The number of hydrogen-bond donors (Lipinski definition) is 1. The summed E-state index contributed by atoms with van der Waals surface area (Å²) in [6.45, 7) is 2.55. The maximum absolute atomic E-state index is 12.8. The number of rotatable bonds is 5. The lowest BCUT2D eigenvalue weighted by atomic mass is 10.2. The van der Waals surface area contributed by atoms with Crippen molar-refractivity contribution in [3.05, 3.63) is 35.7 Å². The molecular weight excluding hydrogens is 289 g/mol. The van der Waals surface area contributed by atoms with Gasteiger partial charge in [-0.15, -0.1) is 0 Å². The van der Waals surface area contributed by atoms with E-state index in [0.717, 1.165) is 23.4 Å². The summed E-state index contributed by atoms with van der Waals surface area (Å²) in [6.07, 6.45) is -0.867. The van der Waals surface area contributed by atoms with Crippen LogP contribution >= 0.6 is 0 Å². The zero-order valence-corrected chi connectivity index (χ0v) is 11.1. The van der Waals surface area contributed by atoms with E-state index in [1.165, 1.54) is 6.33 Å². The van der Waals surface area contributed by atoms with Gasteiger partial charge in [0, 0.05) is 18.9 Å². The molecule has 0 amide bonds. The van der Waals surface area contributed by atoms with Gasteiger partial charge >= 0.3 is 12.1 Å². The molecule has 0 aliphatic heterocycles. The van der Waals surface area contributed by atoms with Gasteiger partial charge in [0.15, 0.2) is 0 Å². The molecule has 2 aromatic heterocycles. The number of hydrogen-bond acceptors (Lipinski definition) is 3. The summed E-state index contributed by atoms with van der Waals surface area (Å²) in [7, 11) is 0. The number of aromatic carboxylic acids is 1. The molecular formula is C12H13F3N4O2. The second-order valence-electron chi connectivity index (χ2n) is 4.46. The third-order valence-corrected chi connectivity index (χ3v) is 2.87. The van der Waals surface area contributed by atoms with Crippen LogP contribution in [0.1, 0.15) is 35.1 Å². The maximum atomic E-state index is 12.8. The Bertz CT molecular complexity index is 645. The quantitative estimate of drug-likeness (QED) is 0.919. The molecule has 2 heterocycles. The second-order valence-corrected chi connectivity index (χ2v) is 4.46. The molecule has 0 saturated carbocycles. The van der Waals surface area contributed by atoms with Crippen molar-refractivity contribution in [2.75, 3.05) is 0 Å². The molecule has 21 heavy (non-hydrogen) atoms. The van der Waals surface area contributed by atoms with E-state index >= 15 is 0 Å². The molecule has 114 valence electrons. The lowest BCUT2D eigenvalue weighted by Gasteiger charge is -2.06. The van der Waals surface area contributed by atoms with Crippen molar-refractivity contribution >= 4 is 5.97 Å². The fourth-order valence-electron chi connectivity index (χ4n) is 1.97. The lowest BCUT2D eigenvalue weighted by Crippen LogP contribution is -2.10. The van der Waals surface area contributed by atoms with Gasteiger partial charge in [0.05, 0.1) is 17.7 Å². The van der Waals surface area contributed by atoms with Crippen molar-refractivity contribution in [2.24, 2.45) is 0 Å². The molecule has 2 aromatic rings. The van der Waals surface area contributed by atoms with Gasteiger partial charge in [0.25, 0.3) is 0 Å². The normalized spacial score (nSPS) is 11.8. The van der Waals surface area contributed by atoms with Crippen LogP contribution in [-0.4, -0.2) is 30.4 Å². The number of aromatic nitrogens is 4. The van der Waals surface area contributed by atoms with Crippen LogP contribution in [-0.2, 0) is 19.3 Å². The van der Waals surface area contributed by atoms with Gasteiger partial charge in [-0.25, -0.2) is 14.5 Å². The highest BCUT2D eigenvalue weighted by Gasteiger charge is 2.37. The van der Waals surface area contributed by atoms with Gasteiger partial charge in [-0.3, -0.25) is 0 Å². The van der Waals surface area contributed by atoms with E-state index in [9.17, 15) is 18.0 Å². The molecule has 0 aliphatic carbocycles. The van der Waals surface area contributed by atoms with Crippen molar-refractivity contribution in [1.29, 1.82) is 0 Å². The minimum atomic E-state index is -4.71. The Morgan fingerprint density at radius 2 is 2.10 bits per heavy atom. The van der Waals surface area contributed by atoms with Crippen molar-refractivity contribution < 1.29 is 23.1 Å². The Morgan fingerprint density at radius 3 is 2.62 bits per heavy atom. The number of alkyl halides is 3. The lowest BCUT2D eigenvalue weighted by molar-refractivity contribution is -0.138. The fourth-order valence-corrected chi connectivity index (χ4v) is 1.97. The minimum Gasteiger partial charge on any atom is -0.478 e. The molecule has 0 aromatic carbocycles. The predicted molar refractivity (Wildman–Crippen MR) is 65.8 cm³/mol. The van der Waals surface area contributed by atoms with Crippen LogP contribution in [0.5, 0.6) is 0 Å². The molecule has 1 N–H and O–H groups in total. The van der Waals surface area contributed by atoms with Gasteiger partial charge in [0.1, 0.15) is 12.2 Å². The van der Waals surface area contributed by atoms with Gasteiger partial charge in [-0.1, -0.05) is 6.92 Å². The van der Waals surface area contributed by atoms with Gasteiger partial charge < -0.3 is 9.67 Å². The van der Waals surface area contributed by atoms with E-state index in [0.29, 0.717) is 12.4 Å². The van der Waals surface area contributed by atoms with Gasteiger partial charge in [-0.05, 0) is 6.42 Å². The molecule has 6 nitrogen and oxygen atoms in total. The van der Waals surface area contributed by atoms with Crippen LogP contribution in [0, 0.1) is 0 Å². The summed E-state index contributed by atoms with van der Waals surface area (Å²) in [5.74, 6) is -1.14. The second kappa shape index (κ2) is 5.58. The summed E-state index contributed by atoms with van der Waals surface area (Å²) in [4.78, 5) is 14.9. The van der Waals surface area contributed by atoms with Crippen LogP contribution in [0.25, 0.3) is 0 Å². The summed E-state index contributed by atoms with van der Waals surface area (Å²) < 4.78 is 41.1. The van der Waals surface area contributed by atoms with Crippen molar-refractivity contribution in [2.45, 2.75) is 32.6 Å². The highest BCUT2D eigenvalue weighted by molar-refractivity contribution is 5.89. The number of nitrogens with zero attached hydrogens (tertiary/aromatic N) is 4. The molecule has 2 rings (SSSR count). The summed E-state index contributed by atoms with van der Waals surface area (Å²) >= 11 is 0. The number of halogens is 3. The highest BCUT2D eigenvalue weighted by Crippen LogP contribution is 2.32. The first-order valence-corrected chi connectivity index (χ1v) is 6.20. The number of carboxylic acid groups (broad SMARTS) is 1. The van der Waals surface area contributed by atoms with Crippen LogP contribution in [0.3, 0.4) is 0 Å². The molecule has 0 aliphatic rings. The molecule has 0 unspecified atom stereocenters. The van der Waals surface area contributed by atoms with E-state index in [4.69, 9.17) is 5.11 Å². The van der Waals surface area contributed by atoms with Crippen LogP contribution in [0.15, 0.2) is 18.7 Å². The first kappa shape index (κ1) is 15.1. The van der Waals surface area contributed by atoms with E-state index in [1.807, 2.05) is 6.92 Å². The zero-order valence-electron chi connectivity index (χ0n) is 11.1. The molecule has 9 heteroatoms. The molecule has 0 fully saturated rings. The Balaban J connectivity index is 2.33. The Hall–Kier alpha value is -2.32. The van der Waals surface area contributed by atoms with Crippen LogP contribution in [0.2, 0.25) is 0 Å². The van der Waals surface area contributed by atoms with Gasteiger partial charge in [0.2, 0.25) is 0 Å². The minimum absolute atomic E-state index is 0.0242. The first-order valence-electron chi connectivity index (χ1n) is 6.20. The average Bonchev–Trinajstić information content (AvgIpc) is 2.97. The topological polar surface area (TPSA) is 72.9 Å². The first-order chi connectivity index (χ1) is 9.82. The third-order valence-electron chi connectivity index (χ3n) is 2.87. The van der Waals surface area contributed by atoms with Crippen molar-refractivity contribution in [1.82, 2.24) is 19.3 Å². The molecule has 0 atom stereocenters. The van der Waals surface area contributed by atoms with E-state index < -0.39 is 23.3 Å². The van der Waals surface area contributed by atoms with Gasteiger partial charge in [-0.2, -0.15) is 18.3 Å². The van der Waals surface area contributed by atoms with E-state index in [-0.39, 0.29) is 6.54 Å². The largest absolute Gasteiger partial charge is 0.478 e. The fraction of sp³-hybridized carbons (Fsp3) is 0.417. The zero-order chi connectivity index (χ0) is 15.6. The number of carbonyl (C=O) groups is 1. The Morgan fingerprint density at radius 1 is 1.38 bits per heavy atom. The standard InChI is InChI=1S/C12H13F3N4O2/c1-2-3-19-10(16-7-17-19)6-18-4-8(11(20)21)9(5-18)12(13,14)15/h4-5,7H,2-3,6H2,1H3,(H,20,21). The maximum Gasteiger partial charge on any atom is 0.418 e. The molecule has 0 radical (unpaired) electrons.